The number of ether oxygens (including phenoxy) is 1. The van der Waals surface area contributed by atoms with Crippen molar-refractivity contribution in [2.24, 2.45) is 0 Å². The minimum atomic E-state index is -0.156. The van der Waals surface area contributed by atoms with E-state index in [1.807, 2.05) is 31.2 Å². The van der Waals surface area contributed by atoms with Gasteiger partial charge < -0.3 is 15.4 Å². The molecule has 0 aliphatic rings. The number of nitrogens with one attached hydrogen (secondary N) is 2. The first-order valence-electron chi connectivity index (χ1n) is 7.00. The van der Waals surface area contributed by atoms with E-state index in [4.69, 9.17) is 4.74 Å². The second-order valence-electron chi connectivity index (χ2n) is 4.77. The Bertz CT molecular complexity index is 670. The van der Waals surface area contributed by atoms with Crippen LogP contribution in [-0.4, -0.2) is 19.6 Å². The number of carbonyl (C=O) groups excluding carboxylic acids is 1. The highest BCUT2D eigenvalue weighted by molar-refractivity contribution is 9.10. The van der Waals surface area contributed by atoms with Crippen LogP contribution in [0.25, 0.3) is 0 Å². The summed E-state index contributed by atoms with van der Waals surface area (Å²) in [5.74, 6) is 0.431. The molecule has 6 heteroatoms. The molecule has 2 N–H and O–H groups in total. The quantitative estimate of drug-likeness (QED) is 0.787. The second kappa shape index (κ2) is 7.76. The zero-order chi connectivity index (χ0) is 16.1. The van der Waals surface area contributed by atoms with Crippen LogP contribution in [0.4, 0.5) is 5.69 Å². The number of rotatable bonds is 6. The highest BCUT2D eigenvalue weighted by Gasteiger charge is 2.20. The van der Waals surface area contributed by atoms with Crippen molar-refractivity contribution in [2.45, 2.75) is 20.4 Å². The number of aryl methyl sites for hydroxylation is 1. The normalized spacial score (nSPS) is 10.5. The van der Waals surface area contributed by atoms with Gasteiger partial charge in [-0.2, -0.15) is 0 Å². The van der Waals surface area contributed by atoms with Gasteiger partial charge in [0.25, 0.3) is 5.91 Å². The molecule has 0 spiro atoms. The molecule has 118 valence electrons. The van der Waals surface area contributed by atoms with Crippen molar-refractivity contribution in [3.63, 3.8) is 0 Å². The predicted molar refractivity (Wildman–Crippen MR) is 95.1 cm³/mol. The van der Waals surface area contributed by atoms with Crippen LogP contribution in [0.3, 0.4) is 0 Å². The van der Waals surface area contributed by atoms with Gasteiger partial charge in [-0.25, -0.2) is 0 Å². The first-order chi connectivity index (χ1) is 10.6. The van der Waals surface area contributed by atoms with Crippen molar-refractivity contribution in [3.05, 3.63) is 44.1 Å². The number of thiophene rings is 1. The smallest absolute Gasteiger partial charge is 0.269 e. The van der Waals surface area contributed by atoms with E-state index in [2.05, 4.69) is 33.5 Å². The first kappa shape index (κ1) is 17.0. The number of anilines is 1. The van der Waals surface area contributed by atoms with Crippen LogP contribution in [0.1, 0.15) is 27.0 Å². The minimum absolute atomic E-state index is 0.156. The summed E-state index contributed by atoms with van der Waals surface area (Å²) < 4.78 is 6.16. The molecule has 0 unspecified atom stereocenters. The third-order valence-electron chi connectivity index (χ3n) is 3.14. The summed E-state index contributed by atoms with van der Waals surface area (Å²) in [6, 6.07) is 7.83. The van der Waals surface area contributed by atoms with E-state index in [-0.39, 0.29) is 5.91 Å². The van der Waals surface area contributed by atoms with E-state index < -0.39 is 0 Å². The molecule has 0 bridgehead atoms. The van der Waals surface area contributed by atoms with Crippen LogP contribution in [0.2, 0.25) is 0 Å². The number of methoxy groups -OCH3 is 1. The lowest BCUT2D eigenvalue weighted by molar-refractivity contribution is 0.102. The third kappa shape index (κ3) is 3.88. The summed E-state index contributed by atoms with van der Waals surface area (Å²) >= 11 is 4.87. The highest BCUT2D eigenvalue weighted by atomic mass is 79.9. The minimum Gasteiger partial charge on any atom is -0.494 e. The van der Waals surface area contributed by atoms with Crippen LogP contribution in [-0.2, 0) is 6.54 Å². The number of amides is 1. The fourth-order valence-corrected chi connectivity index (χ4v) is 3.70. The topological polar surface area (TPSA) is 50.4 Å². The maximum absolute atomic E-state index is 12.5. The SMILES string of the molecule is CCNCc1cccc(NC(=O)c2sc(C)c(Br)c2OC)c1. The maximum Gasteiger partial charge on any atom is 0.269 e. The van der Waals surface area contributed by atoms with Crippen molar-refractivity contribution in [1.29, 1.82) is 0 Å². The Morgan fingerprint density at radius 2 is 2.18 bits per heavy atom. The fourth-order valence-electron chi connectivity index (χ4n) is 2.05. The molecule has 22 heavy (non-hydrogen) atoms. The molecule has 0 fully saturated rings. The van der Waals surface area contributed by atoms with Crippen molar-refractivity contribution >= 4 is 38.9 Å². The molecule has 1 amide bonds. The lowest BCUT2D eigenvalue weighted by atomic mass is 10.2. The average Bonchev–Trinajstić information content (AvgIpc) is 2.81. The van der Waals surface area contributed by atoms with Gasteiger partial charge in [0, 0.05) is 17.1 Å². The predicted octanol–water partition coefficient (Wildman–Crippen LogP) is 4.19. The third-order valence-corrected chi connectivity index (χ3v) is 5.45. The average molecular weight is 383 g/mol. The Morgan fingerprint density at radius 3 is 2.86 bits per heavy atom. The second-order valence-corrected chi connectivity index (χ2v) is 6.79. The summed E-state index contributed by atoms with van der Waals surface area (Å²) in [7, 11) is 1.57. The number of hydrogen-bond donors (Lipinski definition) is 2. The largest absolute Gasteiger partial charge is 0.494 e. The van der Waals surface area contributed by atoms with Crippen LogP contribution in [0, 0.1) is 6.92 Å². The Balaban J connectivity index is 2.17. The molecule has 0 atom stereocenters. The summed E-state index contributed by atoms with van der Waals surface area (Å²) in [5, 5.41) is 6.20. The number of carbonyl (C=O) groups is 1. The van der Waals surface area contributed by atoms with Gasteiger partial charge in [0.1, 0.15) is 4.88 Å². The van der Waals surface area contributed by atoms with Crippen molar-refractivity contribution in [3.8, 4) is 5.75 Å². The van der Waals surface area contributed by atoms with Crippen LogP contribution >= 0.6 is 27.3 Å². The molecule has 1 aromatic heterocycles. The Kier molecular flexibility index (Phi) is 5.99. The Hall–Kier alpha value is -1.37. The van der Waals surface area contributed by atoms with Crippen LogP contribution < -0.4 is 15.4 Å². The van der Waals surface area contributed by atoms with Gasteiger partial charge in [0.2, 0.25) is 0 Å². The van der Waals surface area contributed by atoms with Gasteiger partial charge in [-0.15, -0.1) is 11.3 Å². The van der Waals surface area contributed by atoms with Gasteiger partial charge in [0.05, 0.1) is 11.6 Å². The molecule has 0 radical (unpaired) electrons. The van der Waals surface area contributed by atoms with Crippen molar-refractivity contribution in [1.82, 2.24) is 5.32 Å². The number of benzene rings is 1. The van der Waals surface area contributed by atoms with Gasteiger partial charge in [-0.05, 0) is 47.1 Å². The fraction of sp³-hybridized carbons (Fsp3) is 0.312. The van der Waals surface area contributed by atoms with E-state index in [0.29, 0.717) is 10.6 Å². The molecule has 4 nitrogen and oxygen atoms in total. The van der Waals surface area contributed by atoms with E-state index in [9.17, 15) is 4.79 Å². The molecule has 0 saturated carbocycles. The van der Waals surface area contributed by atoms with E-state index in [0.717, 1.165) is 33.7 Å². The summed E-state index contributed by atoms with van der Waals surface area (Å²) in [4.78, 5) is 14.1. The highest BCUT2D eigenvalue weighted by Crippen LogP contribution is 2.39. The zero-order valence-corrected chi connectivity index (χ0v) is 15.2. The maximum atomic E-state index is 12.5. The Morgan fingerprint density at radius 1 is 1.41 bits per heavy atom. The molecular formula is C16H19BrN2O2S. The van der Waals surface area contributed by atoms with Crippen LogP contribution in [0.5, 0.6) is 5.75 Å². The summed E-state index contributed by atoms with van der Waals surface area (Å²) in [5.41, 5.74) is 1.92. The van der Waals surface area contributed by atoms with E-state index in [1.54, 1.807) is 7.11 Å². The summed E-state index contributed by atoms with van der Waals surface area (Å²) in [6.07, 6.45) is 0. The molecular weight excluding hydrogens is 364 g/mol. The molecule has 0 aliphatic heterocycles. The summed E-state index contributed by atoms with van der Waals surface area (Å²) in [6.45, 7) is 5.71. The lowest BCUT2D eigenvalue weighted by Crippen LogP contribution is -2.13. The standard InChI is InChI=1S/C16H19BrN2O2S/c1-4-18-9-11-6-5-7-12(8-11)19-16(20)15-14(21-3)13(17)10(2)22-15/h5-8,18H,4,9H2,1-3H3,(H,19,20). The van der Waals surface area contributed by atoms with E-state index in [1.165, 1.54) is 11.3 Å². The first-order valence-corrected chi connectivity index (χ1v) is 8.61. The van der Waals surface area contributed by atoms with Crippen molar-refractivity contribution < 1.29 is 9.53 Å². The number of halogens is 1. The van der Waals surface area contributed by atoms with Crippen LogP contribution in [0.15, 0.2) is 28.7 Å². The van der Waals surface area contributed by atoms with E-state index >= 15 is 0 Å². The molecule has 1 aromatic carbocycles. The monoisotopic (exact) mass is 382 g/mol. The van der Waals surface area contributed by atoms with Gasteiger partial charge >= 0.3 is 0 Å². The van der Waals surface area contributed by atoms with Crippen molar-refractivity contribution in [2.75, 3.05) is 19.0 Å². The molecule has 0 aliphatic carbocycles. The number of hydrogen-bond acceptors (Lipinski definition) is 4. The van der Waals surface area contributed by atoms with Gasteiger partial charge in [0.15, 0.2) is 5.75 Å². The lowest BCUT2D eigenvalue weighted by Gasteiger charge is -2.08. The van der Waals surface area contributed by atoms with Gasteiger partial charge in [-0.1, -0.05) is 19.1 Å². The molecule has 2 aromatic rings. The molecule has 2 rings (SSSR count). The van der Waals surface area contributed by atoms with Gasteiger partial charge in [-0.3, -0.25) is 4.79 Å². The molecule has 1 heterocycles. The molecule has 0 saturated heterocycles. The Labute approximate surface area is 143 Å². The zero-order valence-electron chi connectivity index (χ0n) is 12.8.